The number of ether oxygens (including phenoxy) is 1. The number of carbonyl (C=O) groups is 1. The molecule has 0 bridgehead atoms. The van der Waals surface area contributed by atoms with Gasteiger partial charge in [0, 0.05) is 6.54 Å². The van der Waals surface area contributed by atoms with Crippen molar-refractivity contribution in [1.29, 1.82) is 0 Å². The normalized spacial score (nSPS) is 10.2. The number of amides is 1. The van der Waals surface area contributed by atoms with Crippen molar-refractivity contribution in [3.05, 3.63) is 47.3 Å². The van der Waals surface area contributed by atoms with Crippen molar-refractivity contribution in [2.24, 2.45) is 0 Å². The van der Waals surface area contributed by atoms with Gasteiger partial charge in [0.1, 0.15) is 5.82 Å². The van der Waals surface area contributed by atoms with Gasteiger partial charge in [-0.1, -0.05) is 24.3 Å². The number of aryl methyl sites for hydroxylation is 1. The van der Waals surface area contributed by atoms with Gasteiger partial charge in [0.2, 0.25) is 0 Å². The Hall–Kier alpha value is -1.68. The van der Waals surface area contributed by atoms with E-state index in [1.807, 2.05) is 6.92 Å². The molecule has 18 heavy (non-hydrogen) atoms. The molecular weight excluding hydrogens is 233 g/mol. The van der Waals surface area contributed by atoms with Gasteiger partial charge < -0.3 is 10.1 Å². The molecule has 0 aliphatic carbocycles. The van der Waals surface area contributed by atoms with Gasteiger partial charge in [-0.2, -0.15) is 0 Å². The van der Waals surface area contributed by atoms with Crippen LogP contribution >= 0.6 is 0 Å². The predicted molar refractivity (Wildman–Crippen MR) is 69.1 cm³/mol. The first kappa shape index (κ1) is 14.4. The zero-order chi connectivity index (χ0) is 13.5. The third-order valence-corrected chi connectivity index (χ3v) is 2.32. The molecule has 0 saturated carbocycles. The predicted octanol–water partition coefficient (Wildman–Crippen LogP) is 2.46. The van der Waals surface area contributed by atoms with Crippen LogP contribution in [0.25, 0.3) is 0 Å². The van der Waals surface area contributed by atoms with Crippen LogP contribution in [0.3, 0.4) is 0 Å². The fourth-order valence-electron chi connectivity index (χ4n) is 1.40. The minimum absolute atomic E-state index is 0.0647. The summed E-state index contributed by atoms with van der Waals surface area (Å²) in [6.07, 6.45) is 0. The Labute approximate surface area is 107 Å². The van der Waals surface area contributed by atoms with E-state index < -0.39 is 11.7 Å². The SMILES string of the molecule is C=C(C)COCCNC(=O)c1cccc(C)c1F. The molecule has 1 amide bonds. The van der Waals surface area contributed by atoms with Gasteiger partial charge in [-0.25, -0.2) is 4.39 Å². The second-order valence-corrected chi connectivity index (χ2v) is 4.20. The fourth-order valence-corrected chi connectivity index (χ4v) is 1.40. The quantitative estimate of drug-likeness (QED) is 0.623. The van der Waals surface area contributed by atoms with Crippen LogP contribution in [0.15, 0.2) is 30.4 Å². The third kappa shape index (κ3) is 4.30. The lowest BCUT2D eigenvalue weighted by Gasteiger charge is -2.08. The maximum absolute atomic E-state index is 13.6. The molecule has 0 radical (unpaired) electrons. The lowest BCUT2D eigenvalue weighted by molar-refractivity contribution is 0.0922. The molecule has 1 aromatic rings. The third-order valence-electron chi connectivity index (χ3n) is 2.32. The average molecular weight is 251 g/mol. The van der Waals surface area contributed by atoms with Gasteiger partial charge in [-0.05, 0) is 25.5 Å². The molecule has 1 rings (SSSR count). The summed E-state index contributed by atoms with van der Waals surface area (Å²) in [6.45, 7) is 8.38. The summed E-state index contributed by atoms with van der Waals surface area (Å²) in [6, 6.07) is 4.75. The summed E-state index contributed by atoms with van der Waals surface area (Å²) in [4.78, 5) is 11.7. The van der Waals surface area contributed by atoms with Crippen molar-refractivity contribution in [2.45, 2.75) is 13.8 Å². The van der Waals surface area contributed by atoms with Gasteiger partial charge in [0.05, 0.1) is 18.8 Å². The Balaban J connectivity index is 2.41. The highest BCUT2D eigenvalue weighted by atomic mass is 19.1. The Morgan fingerprint density at radius 3 is 2.89 bits per heavy atom. The Morgan fingerprint density at radius 2 is 2.22 bits per heavy atom. The Kier molecular flexibility index (Phi) is 5.52. The van der Waals surface area contributed by atoms with E-state index in [4.69, 9.17) is 4.74 Å². The molecule has 1 N–H and O–H groups in total. The number of carbonyl (C=O) groups excluding carboxylic acids is 1. The number of rotatable bonds is 6. The molecule has 1 aromatic carbocycles. The summed E-state index contributed by atoms with van der Waals surface area (Å²) in [5.74, 6) is -0.895. The largest absolute Gasteiger partial charge is 0.375 e. The number of hydrogen-bond donors (Lipinski definition) is 1. The Bertz CT molecular complexity index is 443. The highest BCUT2D eigenvalue weighted by Crippen LogP contribution is 2.11. The number of nitrogens with one attached hydrogen (secondary N) is 1. The zero-order valence-electron chi connectivity index (χ0n) is 10.8. The molecule has 0 saturated heterocycles. The maximum Gasteiger partial charge on any atom is 0.254 e. The topological polar surface area (TPSA) is 38.3 Å². The van der Waals surface area contributed by atoms with E-state index in [2.05, 4.69) is 11.9 Å². The van der Waals surface area contributed by atoms with Crippen molar-refractivity contribution >= 4 is 5.91 Å². The lowest BCUT2D eigenvalue weighted by Crippen LogP contribution is -2.28. The summed E-state index contributed by atoms with van der Waals surface area (Å²) in [7, 11) is 0. The lowest BCUT2D eigenvalue weighted by atomic mass is 10.1. The van der Waals surface area contributed by atoms with E-state index in [1.165, 1.54) is 6.07 Å². The van der Waals surface area contributed by atoms with Crippen LogP contribution in [0.5, 0.6) is 0 Å². The summed E-state index contributed by atoms with van der Waals surface area (Å²) >= 11 is 0. The van der Waals surface area contributed by atoms with Crippen LogP contribution in [0.4, 0.5) is 4.39 Å². The first-order valence-electron chi connectivity index (χ1n) is 5.78. The first-order valence-corrected chi connectivity index (χ1v) is 5.78. The molecule has 0 aliphatic heterocycles. The molecule has 3 nitrogen and oxygen atoms in total. The highest BCUT2D eigenvalue weighted by Gasteiger charge is 2.12. The second kappa shape index (κ2) is 6.91. The van der Waals surface area contributed by atoms with E-state index in [1.54, 1.807) is 19.1 Å². The van der Waals surface area contributed by atoms with Crippen LogP contribution in [0.2, 0.25) is 0 Å². The smallest absolute Gasteiger partial charge is 0.254 e. The summed E-state index contributed by atoms with van der Waals surface area (Å²) < 4.78 is 18.9. The monoisotopic (exact) mass is 251 g/mol. The molecule has 4 heteroatoms. The van der Waals surface area contributed by atoms with Crippen molar-refractivity contribution in [1.82, 2.24) is 5.32 Å². The summed E-state index contributed by atoms with van der Waals surface area (Å²) in [5.41, 5.74) is 1.45. The Morgan fingerprint density at radius 1 is 1.50 bits per heavy atom. The highest BCUT2D eigenvalue weighted by molar-refractivity contribution is 5.94. The first-order chi connectivity index (χ1) is 8.52. The zero-order valence-corrected chi connectivity index (χ0v) is 10.8. The van der Waals surface area contributed by atoms with Gasteiger partial charge in [0.15, 0.2) is 0 Å². The van der Waals surface area contributed by atoms with E-state index in [-0.39, 0.29) is 5.56 Å². The standard InChI is InChI=1S/C14H18FNO2/c1-10(2)9-18-8-7-16-14(17)12-6-4-5-11(3)13(12)15/h4-6H,1,7-9H2,2-3H3,(H,16,17). The van der Waals surface area contributed by atoms with E-state index in [0.29, 0.717) is 25.3 Å². The number of hydrogen-bond acceptors (Lipinski definition) is 2. The molecule has 0 aliphatic rings. The van der Waals surface area contributed by atoms with Gasteiger partial charge in [0.25, 0.3) is 5.91 Å². The average Bonchev–Trinajstić information content (AvgIpc) is 2.31. The van der Waals surface area contributed by atoms with E-state index >= 15 is 0 Å². The molecule has 0 fully saturated rings. The maximum atomic E-state index is 13.6. The van der Waals surface area contributed by atoms with E-state index in [0.717, 1.165) is 5.57 Å². The van der Waals surface area contributed by atoms with Crippen LogP contribution in [-0.4, -0.2) is 25.7 Å². The minimum Gasteiger partial charge on any atom is -0.375 e. The van der Waals surface area contributed by atoms with Crippen LogP contribution in [0.1, 0.15) is 22.8 Å². The molecular formula is C14H18FNO2. The van der Waals surface area contributed by atoms with Gasteiger partial charge >= 0.3 is 0 Å². The second-order valence-electron chi connectivity index (χ2n) is 4.20. The number of halogens is 1. The van der Waals surface area contributed by atoms with Crippen molar-refractivity contribution in [2.75, 3.05) is 19.8 Å². The van der Waals surface area contributed by atoms with Crippen LogP contribution in [0, 0.1) is 12.7 Å². The van der Waals surface area contributed by atoms with Gasteiger partial charge in [-0.3, -0.25) is 4.79 Å². The van der Waals surface area contributed by atoms with Gasteiger partial charge in [-0.15, -0.1) is 0 Å². The molecule has 0 heterocycles. The minimum atomic E-state index is -0.474. The fraction of sp³-hybridized carbons (Fsp3) is 0.357. The molecule has 0 spiro atoms. The molecule has 0 aromatic heterocycles. The van der Waals surface area contributed by atoms with E-state index in [9.17, 15) is 9.18 Å². The van der Waals surface area contributed by atoms with Crippen LogP contribution in [-0.2, 0) is 4.74 Å². The van der Waals surface area contributed by atoms with Crippen molar-refractivity contribution in [3.63, 3.8) is 0 Å². The molecule has 98 valence electrons. The van der Waals surface area contributed by atoms with Crippen LogP contribution < -0.4 is 5.32 Å². The molecule has 0 unspecified atom stereocenters. The van der Waals surface area contributed by atoms with Crippen molar-refractivity contribution < 1.29 is 13.9 Å². The summed E-state index contributed by atoms with van der Waals surface area (Å²) in [5, 5.41) is 2.61. The number of benzene rings is 1. The molecule has 0 atom stereocenters. The van der Waals surface area contributed by atoms with Crippen molar-refractivity contribution in [3.8, 4) is 0 Å².